The Labute approximate surface area is 170 Å². The van der Waals surface area contributed by atoms with E-state index in [9.17, 15) is 9.59 Å². The molecule has 0 saturated heterocycles. The van der Waals surface area contributed by atoms with Gasteiger partial charge in [-0.05, 0) is 57.2 Å². The van der Waals surface area contributed by atoms with E-state index in [1.165, 1.54) is 25.7 Å². The van der Waals surface area contributed by atoms with Gasteiger partial charge in [0.25, 0.3) is 0 Å². The molecule has 29 heavy (non-hydrogen) atoms. The Kier molecular flexibility index (Phi) is 5.48. The number of rotatable bonds is 4. The van der Waals surface area contributed by atoms with E-state index in [1.807, 2.05) is 26.8 Å². The van der Waals surface area contributed by atoms with Gasteiger partial charge in [-0.2, -0.15) is 0 Å². The molecule has 4 rings (SSSR count). The first kappa shape index (κ1) is 19.7. The van der Waals surface area contributed by atoms with Crippen LogP contribution in [0.3, 0.4) is 0 Å². The summed E-state index contributed by atoms with van der Waals surface area (Å²) in [6.45, 7) is 5.86. The molecule has 1 aliphatic rings. The predicted octanol–water partition coefficient (Wildman–Crippen LogP) is 5.24. The Morgan fingerprint density at radius 2 is 1.76 bits per heavy atom. The molecule has 2 heterocycles. The minimum absolute atomic E-state index is 0.0214. The molecule has 154 valence electrons. The van der Waals surface area contributed by atoms with Gasteiger partial charge in [0, 0.05) is 34.4 Å². The number of fused-ring (bicyclic) bond motifs is 2. The van der Waals surface area contributed by atoms with Crippen molar-refractivity contribution in [1.29, 1.82) is 0 Å². The molecular weight excluding hydrogens is 366 g/mol. The zero-order chi connectivity index (χ0) is 20.5. The van der Waals surface area contributed by atoms with Crippen molar-refractivity contribution in [2.24, 2.45) is 0 Å². The van der Waals surface area contributed by atoms with E-state index < -0.39 is 0 Å². The fourth-order valence-corrected chi connectivity index (χ4v) is 4.57. The van der Waals surface area contributed by atoms with E-state index in [1.54, 1.807) is 6.26 Å². The lowest BCUT2D eigenvalue weighted by atomic mass is 9.98. The second-order valence-corrected chi connectivity index (χ2v) is 8.42. The maximum atomic E-state index is 12.7. The zero-order valence-corrected chi connectivity index (χ0v) is 17.5. The third kappa shape index (κ3) is 3.83. The Morgan fingerprint density at radius 3 is 2.48 bits per heavy atom. The van der Waals surface area contributed by atoms with Crippen LogP contribution in [0.25, 0.3) is 21.9 Å². The number of nitrogens with one attached hydrogen (secondary N) is 1. The number of hydrogen-bond donors (Lipinski definition) is 1. The molecule has 1 fully saturated rings. The molecule has 1 N–H and O–H groups in total. The van der Waals surface area contributed by atoms with Crippen molar-refractivity contribution in [3.05, 3.63) is 45.0 Å². The topological polar surface area (TPSA) is 72.5 Å². The van der Waals surface area contributed by atoms with Crippen molar-refractivity contribution in [2.75, 3.05) is 0 Å². The maximum Gasteiger partial charge on any atom is 0.339 e. The van der Waals surface area contributed by atoms with Gasteiger partial charge in [0.1, 0.15) is 11.2 Å². The van der Waals surface area contributed by atoms with Crippen LogP contribution in [0.4, 0.5) is 0 Å². The van der Waals surface area contributed by atoms with E-state index in [2.05, 4.69) is 5.32 Å². The number of carbonyl (C=O) groups excluding carboxylic acids is 1. The van der Waals surface area contributed by atoms with Gasteiger partial charge in [-0.15, -0.1) is 0 Å². The first-order valence-corrected chi connectivity index (χ1v) is 10.7. The second-order valence-electron chi connectivity index (χ2n) is 8.42. The first-order chi connectivity index (χ1) is 14.0. The highest BCUT2D eigenvalue weighted by molar-refractivity contribution is 5.99. The number of carbonyl (C=O) groups is 1. The van der Waals surface area contributed by atoms with Crippen molar-refractivity contribution in [3.8, 4) is 0 Å². The van der Waals surface area contributed by atoms with E-state index in [4.69, 9.17) is 8.83 Å². The van der Waals surface area contributed by atoms with Gasteiger partial charge < -0.3 is 14.2 Å². The van der Waals surface area contributed by atoms with Crippen molar-refractivity contribution in [1.82, 2.24) is 5.32 Å². The zero-order valence-electron chi connectivity index (χ0n) is 17.5. The molecule has 0 spiro atoms. The van der Waals surface area contributed by atoms with E-state index >= 15 is 0 Å². The molecular formula is C24H29NO4. The number of aryl methyl sites for hydroxylation is 3. The van der Waals surface area contributed by atoms with Crippen molar-refractivity contribution in [2.45, 2.75) is 78.2 Å². The fourth-order valence-electron chi connectivity index (χ4n) is 4.57. The third-order valence-electron chi connectivity index (χ3n) is 6.36. The Bertz CT molecular complexity index is 1110. The SMILES string of the molecule is Cc1coc2c(C)c3oc(=O)c(CCC(=O)NC4CCCCCC4)c(C)c3cc12. The second kappa shape index (κ2) is 8.05. The molecule has 1 amide bonds. The normalized spacial score (nSPS) is 15.7. The van der Waals surface area contributed by atoms with Crippen molar-refractivity contribution >= 4 is 27.8 Å². The summed E-state index contributed by atoms with van der Waals surface area (Å²) < 4.78 is 11.3. The van der Waals surface area contributed by atoms with Crippen LogP contribution >= 0.6 is 0 Å². The van der Waals surface area contributed by atoms with Crippen molar-refractivity contribution in [3.63, 3.8) is 0 Å². The van der Waals surface area contributed by atoms with Crippen molar-refractivity contribution < 1.29 is 13.6 Å². The molecule has 1 saturated carbocycles. The smallest absolute Gasteiger partial charge is 0.339 e. The Morgan fingerprint density at radius 1 is 1.03 bits per heavy atom. The summed E-state index contributed by atoms with van der Waals surface area (Å²) in [6, 6.07) is 2.31. The van der Waals surface area contributed by atoms with E-state index in [0.717, 1.165) is 45.9 Å². The standard InChI is InChI=1S/C24H29NO4/c1-14-13-28-22-16(3)23-20(12-19(14)22)15(2)18(24(27)29-23)10-11-21(26)25-17-8-6-4-5-7-9-17/h12-13,17H,4-11H2,1-3H3,(H,25,26). The number of furan rings is 1. The molecule has 2 aromatic heterocycles. The van der Waals surface area contributed by atoms with Crippen LogP contribution in [0.15, 0.2) is 26.0 Å². The highest BCUT2D eigenvalue weighted by Gasteiger charge is 2.19. The first-order valence-electron chi connectivity index (χ1n) is 10.7. The van der Waals surface area contributed by atoms with Crippen LogP contribution in [0, 0.1) is 20.8 Å². The van der Waals surface area contributed by atoms with Gasteiger partial charge in [0.15, 0.2) is 0 Å². The van der Waals surface area contributed by atoms with Crippen LogP contribution in [-0.2, 0) is 11.2 Å². The molecule has 0 atom stereocenters. The molecule has 1 aliphatic carbocycles. The van der Waals surface area contributed by atoms with Crippen LogP contribution in [-0.4, -0.2) is 11.9 Å². The van der Waals surface area contributed by atoms with Gasteiger partial charge >= 0.3 is 5.63 Å². The van der Waals surface area contributed by atoms with Crippen LogP contribution in [0.2, 0.25) is 0 Å². The van der Waals surface area contributed by atoms with E-state index in [-0.39, 0.29) is 17.6 Å². The minimum atomic E-state index is -0.358. The molecule has 5 heteroatoms. The van der Waals surface area contributed by atoms with Gasteiger partial charge in [-0.1, -0.05) is 25.7 Å². The summed E-state index contributed by atoms with van der Waals surface area (Å²) in [5.41, 5.74) is 4.35. The van der Waals surface area contributed by atoms with Gasteiger partial charge in [0.2, 0.25) is 5.91 Å². The molecule has 5 nitrogen and oxygen atoms in total. The minimum Gasteiger partial charge on any atom is -0.464 e. The number of hydrogen-bond acceptors (Lipinski definition) is 4. The summed E-state index contributed by atoms with van der Waals surface area (Å²) >= 11 is 0. The lowest BCUT2D eigenvalue weighted by Crippen LogP contribution is -2.34. The van der Waals surface area contributed by atoms with Crippen LogP contribution in [0.1, 0.15) is 67.2 Å². The predicted molar refractivity (Wildman–Crippen MR) is 114 cm³/mol. The highest BCUT2D eigenvalue weighted by atomic mass is 16.4. The monoisotopic (exact) mass is 395 g/mol. The van der Waals surface area contributed by atoms with Gasteiger partial charge in [-0.25, -0.2) is 4.79 Å². The molecule has 0 bridgehead atoms. The van der Waals surface area contributed by atoms with Gasteiger partial charge in [0.05, 0.1) is 6.26 Å². The third-order valence-corrected chi connectivity index (χ3v) is 6.36. The Hall–Kier alpha value is -2.56. The molecule has 3 aromatic rings. The summed E-state index contributed by atoms with van der Waals surface area (Å²) in [5, 5.41) is 5.11. The molecule has 0 unspecified atom stereocenters. The number of benzene rings is 1. The van der Waals surface area contributed by atoms with E-state index in [0.29, 0.717) is 24.0 Å². The summed E-state index contributed by atoms with van der Waals surface area (Å²) in [5.74, 6) is 0.0214. The number of amides is 1. The lowest BCUT2D eigenvalue weighted by Gasteiger charge is -2.16. The average molecular weight is 395 g/mol. The molecule has 0 radical (unpaired) electrons. The summed E-state index contributed by atoms with van der Waals surface area (Å²) in [6.07, 6.45) is 9.41. The molecule has 1 aromatic carbocycles. The average Bonchev–Trinajstić information content (AvgIpc) is 2.89. The molecule has 0 aliphatic heterocycles. The maximum absolute atomic E-state index is 12.7. The quantitative estimate of drug-likeness (QED) is 0.484. The highest BCUT2D eigenvalue weighted by Crippen LogP contribution is 2.32. The van der Waals surface area contributed by atoms with Crippen LogP contribution in [0.5, 0.6) is 0 Å². The van der Waals surface area contributed by atoms with Crippen LogP contribution < -0.4 is 10.9 Å². The van der Waals surface area contributed by atoms with Gasteiger partial charge in [-0.3, -0.25) is 4.79 Å². The largest absolute Gasteiger partial charge is 0.464 e. The summed E-state index contributed by atoms with van der Waals surface area (Å²) in [4.78, 5) is 25.1. The fraction of sp³-hybridized carbons (Fsp3) is 0.500. The summed E-state index contributed by atoms with van der Waals surface area (Å²) in [7, 11) is 0. The lowest BCUT2D eigenvalue weighted by molar-refractivity contribution is -0.121. The Balaban J connectivity index is 1.58.